The lowest BCUT2D eigenvalue weighted by Crippen LogP contribution is -2.60. The highest BCUT2D eigenvalue weighted by molar-refractivity contribution is 6.91. The number of nitrogens with one attached hydrogen (secondary N) is 4. The molecule has 0 aromatic carbocycles. The Morgan fingerprint density at radius 1 is 0.622 bits per heavy atom. The molecule has 5 N–H and O–H groups in total. The second-order valence-electron chi connectivity index (χ2n) is 28.3. The first-order valence-corrected chi connectivity index (χ1v) is 53.9. The van der Waals surface area contributed by atoms with Crippen LogP contribution in [0.25, 0.3) is 39.3 Å². The van der Waals surface area contributed by atoms with E-state index < -0.39 is 79.4 Å². The van der Waals surface area contributed by atoms with Crippen LogP contribution in [-0.2, 0) is 51.9 Å². The van der Waals surface area contributed by atoms with E-state index in [4.69, 9.17) is 34.7 Å². The number of carboxylic acids is 1. The topological polar surface area (TPSA) is 208 Å². The molecular weight excluding hydrogens is 1170 g/mol. The van der Waals surface area contributed by atoms with E-state index in [1.54, 1.807) is 6.92 Å². The van der Waals surface area contributed by atoms with Gasteiger partial charge in [0, 0.05) is 82.3 Å². The van der Waals surface area contributed by atoms with E-state index in [9.17, 15) is 19.5 Å². The molecule has 0 saturated heterocycles. The summed E-state index contributed by atoms with van der Waals surface area (Å²) in [6, 6.07) is 7.20. The number of H-pyrrole nitrogens is 2. The molecular formula is C58H102N6O10Si8. The van der Waals surface area contributed by atoms with Crippen LogP contribution in [0.2, 0.25) is 130 Å². The summed E-state index contributed by atoms with van der Waals surface area (Å²) in [4.78, 5) is 60.6. The third-order valence-corrected chi connectivity index (χ3v) is 37.8. The van der Waals surface area contributed by atoms with Crippen molar-refractivity contribution < 1.29 is 44.2 Å². The molecule has 5 rings (SSSR count). The van der Waals surface area contributed by atoms with Gasteiger partial charge in [0.1, 0.15) is 0 Å². The maximum atomic E-state index is 14.8. The lowest BCUT2D eigenvalue weighted by Gasteiger charge is -2.43. The van der Waals surface area contributed by atoms with E-state index in [2.05, 4.69) is 179 Å². The number of amides is 2. The molecule has 2 atom stereocenters. The standard InChI is InChI=1S/C58H102N6O10Si8/c1-25-43-39(3)47-36-49-41(5)45(29-30-53(65)59-31-27-33-81(69-75(7,8)9,70-76(10,11)12)71-77(13,14)15)56(63-49)46(35-54(66)60-32-28-34-82(72-78(16,17)18,73-79(19,20)21)74-80(22,23)24)57-55(58(67)68)42(6)50(64-57)38-52-44(26-2)40(4)48(62-52)37-51(43)61-47/h25,36-38,41,45,61-62H,1,26-35H2,2-24H3,(H,59,65)(H,60,66)(H,67,68)/t41-,45-/m0/s1. The molecule has 0 radical (unpaired) electrons. The predicted molar refractivity (Wildman–Crippen MR) is 357 cm³/mol. The fraction of sp³-hybridized carbons (Fsp3) is 0.603. The fourth-order valence-electron chi connectivity index (χ4n) is 11.0. The minimum atomic E-state index is -3.20. The summed E-state index contributed by atoms with van der Waals surface area (Å²) >= 11 is 0. The highest BCUT2D eigenvalue weighted by atomic mass is 28.5. The Labute approximate surface area is 499 Å². The molecule has 0 spiro atoms. The number of nitrogens with zero attached hydrogens (tertiary/aromatic N) is 2. The lowest BCUT2D eigenvalue weighted by atomic mass is 9.84. The number of aliphatic carboxylic acids is 1. The normalized spacial score (nSPS) is 16.0. The van der Waals surface area contributed by atoms with Gasteiger partial charge in [0.2, 0.25) is 11.8 Å². The zero-order chi connectivity index (χ0) is 61.9. The Morgan fingerprint density at radius 2 is 1.07 bits per heavy atom. The molecule has 0 unspecified atom stereocenters. The summed E-state index contributed by atoms with van der Waals surface area (Å²) in [5.74, 6) is -2.24. The third kappa shape index (κ3) is 19.5. The number of aryl methyl sites for hydroxylation is 3. The van der Waals surface area contributed by atoms with Crippen LogP contribution in [0.1, 0.15) is 109 Å². The first kappa shape index (κ1) is 69.3. The number of aromatic amines is 2. The van der Waals surface area contributed by atoms with Gasteiger partial charge in [0.25, 0.3) is 0 Å². The molecule has 456 valence electrons. The Kier molecular flexibility index (Phi) is 22.5. The van der Waals surface area contributed by atoms with Crippen molar-refractivity contribution in [3.8, 4) is 0 Å². The summed E-state index contributed by atoms with van der Waals surface area (Å²) in [5.41, 5.74) is 10.4. The van der Waals surface area contributed by atoms with Crippen molar-refractivity contribution in [3.05, 3.63) is 75.4 Å². The zero-order valence-electron chi connectivity index (χ0n) is 54.3. The Balaban J connectivity index is 1.65. The molecule has 3 aromatic heterocycles. The van der Waals surface area contributed by atoms with E-state index in [0.717, 1.165) is 56.4 Å². The number of hydrogen-bond acceptors (Lipinski definition) is 11. The maximum absolute atomic E-state index is 14.8. The second kappa shape index (κ2) is 26.6. The number of allylic oxidation sites excluding steroid dienone is 1. The minimum Gasteiger partial charge on any atom is -0.478 e. The summed E-state index contributed by atoms with van der Waals surface area (Å²) in [7, 11) is -19.1. The van der Waals surface area contributed by atoms with Crippen molar-refractivity contribution in [2.24, 2.45) is 0 Å². The van der Waals surface area contributed by atoms with Gasteiger partial charge in [0.15, 0.2) is 49.9 Å². The molecule has 2 amide bonds. The van der Waals surface area contributed by atoms with E-state index in [1.807, 2.05) is 18.2 Å². The van der Waals surface area contributed by atoms with Crippen LogP contribution in [0.3, 0.4) is 0 Å². The molecule has 82 heavy (non-hydrogen) atoms. The first-order valence-electron chi connectivity index (χ1n) is 29.5. The number of hydrogen-bond donors (Lipinski definition) is 5. The van der Waals surface area contributed by atoms with Crippen LogP contribution in [0, 0.1) is 13.8 Å². The van der Waals surface area contributed by atoms with Crippen molar-refractivity contribution in [2.45, 2.75) is 215 Å². The lowest BCUT2D eigenvalue weighted by molar-refractivity contribution is -0.130. The van der Waals surface area contributed by atoms with Crippen LogP contribution in [0.4, 0.5) is 0 Å². The number of aromatic nitrogens is 4. The summed E-state index contributed by atoms with van der Waals surface area (Å²) in [6.45, 7) is 54.0. The molecule has 5 heterocycles. The van der Waals surface area contributed by atoms with Gasteiger partial charge in [-0.25, -0.2) is 9.78 Å². The van der Waals surface area contributed by atoms with Crippen LogP contribution in [-0.4, -0.2) is 123 Å². The molecule has 0 fully saturated rings. The number of carbonyl (C=O) groups excluding carboxylic acids is 2. The number of carboxylic acid groups (broad SMARTS) is 1. The average Bonchev–Trinajstić information content (AvgIpc) is 3.92. The summed E-state index contributed by atoms with van der Waals surface area (Å²) in [6.07, 6.45) is 4.07. The fourth-order valence-corrected chi connectivity index (χ4v) is 40.3. The molecule has 2 aliphatic rings. The highest BCUT2D eigenvalue weighted by Crippen LogP contribution is 2.44. The van der Waals surface area contributed by atoms with Gasteiger partial charge >= 0.3 is 23.6 Å². The Morgan fingerprint density at radius 3 is 1.51 bits per heavy atom. The van der Waals surface area contributed by atoms with Crippen molar-refractivity contribution in [1.29, 1.82) is 0 Å². The quantitative estimate of drug-likeness (QED) is 0.0340. The van der Waals surface area contributed by atoms with E-state index in [-0.39, 0.29) is 41.8 Å². The molecule has 16 nitrogen and oxygen atoms in total. The summed E-state index contributed by atoms with van der Waals surface area (Å²) < 4.78 is 41.6. The molecule has 3 aromatic rings. The van der Waals surface area contributed by atoms with E-state index in [1.165, 1.54) is 0 Å². The molecule has 8 bridgehead atoms. The minimum absolute atomic E-state index is 0.0102. The monoisotopic (exact) mass is 1270 g/mol. The van der Waals surface area contributed by atoms with Gasteiger partial charge in [-0.2, -0.15) is 0 Å². The van der Waals surface area contributed by atoms with Gasteiger partial charge in [-0.15, -0.1) is 0 Å². The SMILES string of the molecule is C=Cc1c(C)c2cc3nc(c(CC(=O)NCCC[Si](O[Si](C)(C)C)(O[Si](C)(C)C)O[Si](C)(C)C)c4nc(cc5[nH]c(cc1[nH]2)c(C)c5CC)C(C)=C4C(=O)O)[C@@H](CCC(=O)NCCC[Si](O[Si](C)(C)C)(O[Si](C)(C)C)O[Si](C)(C)C)[C@@H]3C. The van der Waals surface area contributed by atoms with Crippen LogP contribution < -0.4 is 10.6 Å². The van der Waals surface area contributed by atoms with Gasteiger partial charge in [-0.3, -0.25) is 14.6 Å². The van der Waals surface area contributed by atoms with Gasteiger partial charge < -0.3 is 50.4 Å². The first-order chi connectivity index (χ1) is 37.5. The zero-order valence-corrected chi connectivity index (χ0v) is 62.3. The predicted octanol–water partition coefficient (Wildman–Crippen LogP) is 14.4. The average molecular weight is 1270 g/mol. The van der Waals surface area contributed by atoms with E-state index >= 15 is 0 Å². The van der Waals surface area contributed by atoms with Gasteiger partial charge in [0.05, 0.1) is 29.1 Å². The van der Waals surface area contributed by atoms with Crippen molar-refractivity contribution in [2.75, 3.05) is 13.1 Å². The van der Waals surface area contributed by atoms with Crippen LogP contribution in [0.5, 0.6) is 0 Å². The molecule has 0 saturated carbocycles. The third-order valence-electron chi connectivity index (χ3n) is 13.7. The maximum Gasteiger partial charge on any atom is 0.469 e. The molecule has 2 aliphatic heterocycles. The van der Waals surface area contributed by atoms with Crippen LogP contribution >= 0.6 is 0 Å². The number of carbonyl (C=O) groups is 3. The summed E-state index contributed by atoms with van der Waals surface area (Å²) in [5, 5.41) is 17.6. The van der Waals surface area contributed by atoms with Crippen molar-refractivity contribution in [1.82, 2.24) is 30.6 Å². The largest absolute Gasteiger partial charge is 0.478 e. The van der Waals surface area contributed by atoms with Gasteiger partial charge in [-0.1, -0.05) is 26.5 Å². The van der Waals surface area contributed by atoms with Crippen LogP contribution in [0.15, 0.2) is 24.8 Å². The molecule has 0 aliphatic carbocycles. The Hall–Kier alpha value is -3.49. The molecule has 24 heteroatoms. The van der Waals surface area contributed by atoms with Crippen molar-refractivity contribution >= 4 is 125 Å². The Bertz CT molecular complexity index is 2960. The number of rotatable bonds is 28. The second-order valence-corrected chi connectivity index (χ2v) is 62.2. The smallest absolute Gasteiger partial charge is 0.469 e. The van der Waals surface area contributed by atoms with Crippen molar-refractivity contribution in [3.63, 3.8) is 0 Å². The highest BCUT2D eigenvalue weighted by Gasteiger charge is 2.51. The number of fused-ring (bicyclic) bond motifs is 8. The van der Waals surface area contributed by atoms with Gasteiger partial charge in [-0.05, 0) is 205 Å². The van der Waals surface area contributed by atoms with E-state index in [0.29, 0.717) is 67.0 Å².